The molecule has 1 fully saturated rings. The zero-order chi connectivity index (χ0) is 23.8. The van der Waals surface area contributed by atoms with E-state index in [0.29, 0.717) is 11.5 Å². The van der Waals surface area contributed by atoms with Crippen molar-refractivity contribution < 1.29 is 47.6 Å². The fourth-order valence-electron chi connectivity index (χ4n) is 3.20. The Morgan fingerprint density at radius 1 is 0.938 bits per heavy atom. The molecule has 0 spiro atoms. The number of benzene rings is 1. The van der Waals surface area contributed by atoms with Crippen molar-refractivity contribution in [2.45, 2.75) is 58.3 Å². The van der Waals surface area contributed by atoms with Gasteiger partial charge in [-0.2, -0.15) is 0 Å². The van der Waals surface area contributed by atoms with Gasteiger partial charge in [-0.15, -0.1) is 0 Å². The van der Waals surface area contributed by atoms with Gasteiger partial charge >= 0.3 is 17.9 Å². The lowest BCUT2D eigenvalue weighted by molar-refractivity contribution is -0.257. The molecule has 1 aliphatic heterocycles. The fraction of sp³-hybridized carbons (Fsp3) is 0.524. The van der Waals surface area contributed by atoms with Crippen molar-refractivity contribution in [2.24, 2.45) is 0 Å². The molecule has 176 valence electrons. The topological polar surface area (TPSA) is 136 Å². The third-order valence-electron chi connectivity index (χ3n) is 4.36. The van der Waals surface area contributed by atoms with Crippen LogP contribution in [0.15, 0.2) is 24.3 Å². The second-order valence-corrected chi connectivity index (χ2v) is 7.02. The first-order chi connectivity index (χ1) is 15.1. The maximum Gasteiger partial charge on any atom is 0.303 e. The summed E-state index contributed by atoms with van der Waals surface area (Å²) in [5.74, 6) is -1.57. The van der Waals surface area contributed by atoms with Gasteiger partial charge in [0.05, 0.1) is 7.11 Å². The zero-order valence-electron chi connectivity index (χ0n) is 18.5. The Hall–Kier alpha value is -3.34. The number of hydrogen-bond donors (Lipinski definition) is 1. The summed E-state index contributed by atoms with van der Waals surface area (Å²) < 4.78 is 32.8. The van der Waals surface area contributed by atoms with Crippen molar-refractivity contribution in [2.75, 3.05) is 13.7 Å². The Bertz CT molecular complexity index is 842. The van der Waals surface area contributed by atoms with Crippen LogP contribution in [0.3, 0.4) is 0 Å². The minimum atomic E-state index is -1.19. The lowest BCUT2D eigenvalue weighted by atomic mass is 9.96. The van der Waals surface area contributed by atoms with Gasteiger partial charge in [0.15, 0.2) is 12.2 Å². The molecule has 1 saturated heterocycles. The number of esters is 3. The summed E-state index contributed by atoms with van der Waals surface area (Å²) in [4.78, 5) is 46.8. The molecule has 0 saturated carbocycles. The number of rotatable bonds is 8. The Balaban J connectivity index is 2.45. The molecule has 0 bridgehead atoms. The average molecular weight is 453 g/mol. The number of ether oxygens (including phenoxy) is 6. The Kier molecular flexibility index (Phi) is 8.82. The van der Waals surface area contributed by atoms with E-state index in [0.717, 1.165) is 0 Å². The highest BCUT2D eigenvalue weighted by Crippen LogP contribution is 2.30. The lowest BCUT2D eigenvalue weighted by Gasteiger charge is -2.44. The smallest absolute Gasteiger partial charge is 0.303 e. The van der Waals surface area contributed by atoms with Crippen LogP contribution < -0.4 is 14.8 Å². The van der Waals surface area contributed by atoms with E-state index in [1.807, 2.05) is 0 Å². The van der Waals surface area contributed by atoms with Crippen molar-refractivity contribution in [1.29, 1.82) is 0 Å². The summed E-state index contributed by atoms with van der Waals surface area (Å²) in [7, 11) is 1.49. The van der Waals surface area contributed by atoms with Crippen molar-refractivity contribution in [1.82, 2.24) is 5.32 Å². The van der Waals surface area contributed by atoms with Crippen LogP contribution in [0.25, 0.3) is 0 Å². The molecule has 1 aliphatic rings. The van der Waals surface area contributed by atoms with Crippen LogP contribution in [-0.4, -0.2) is 68.2 Å². The first-order valence-corrected chi connectivity index (χ1v) is 9.81. The third kappa shape index (κ3) is 7.12. The second kappa shape index (κ2) is 11.3. The predicted octanol–water partition coefficient (Wildman–Crippen LogP) is 0.730. The van der Waals surface area contributed by atoms with Crippen molar-refractivity contribution >= 4 is 23.8 Å². The SMILES string of the molecule is COc1cccc(O[C@@H]2O[C@H](COC(C)=O)[C@H](OC(C)=O)[C@@H](OC(C)=O)[C@H]2NC(C)=O)c1. The highest BCUT2D eigenvalue weighted by atomic mass is 16.7. The van der Waals surface area contributed by atoms with Gasteiger partial charge in [0.1, 0.15) is 30.3 Å². The predicted molar refractivity (Wildman–Crippen MR) is 108 cm³/mol. The van der Waals surface area contributed by atoms with Gasteiger partial charge in [-0.05, 0) is 12.1 Å². The summed E-state index contributed by atoms with van der Waals surface area (Å²) in [5, 5.41) is 2.63. The number of nitrogens with one attached hydrogen (secondary N) is 1. The number of carbonyl (C=O) groups is 4. The van der Waals surface area contributed by atoms with Crippen molar-refractivity contribution in [3.63, 3.8) is 0 Å². The fourth-order valence-corrected chi connectivity index (χ4v) is 3.20. The summed E-state index contributed by atoms with van der Waals surface area (Å²) in [6, 6.07) is 5.57. The standard InChI is InChI=1S/C21H27NO10/c1-11(23)22-18-20(30-14(4)26)19(29-13(3)25)17(10-28-12(2)24)32-21(18)31-16-8-6-7-15(9-16)27-5/h6-9,17-21H,10H2,1-5H3,(H,22,23)/t17-,18-,19+,20+,21-/m1/s1. The van der Waals surface area contributed by atoms with Gasteiger partial charge in [0.25, 0.3) is 0 Å². The lowest BCUT2D eigenvalue weighted by Crippen LogP contribution is -2.67. The number of amides is 1. The van der Waals surface area contributed by atoms with Crippen LogP contribution in [0.4, 0.5) is 0 Å². The number of hydrogen-bond acceptors (Lipinski definition) is 10. The van der Waals surface area contributed by atoms with E-state index in [1.165, 1.54) is 34.8 Å². The summed E-state index contributed by atoms with van der Waals surface area (Å²) >= 11 is 0. The molecule has 0 aromatic heterocycles. The maximum absolute atomic E-state index is 11.9. The van der Waals surface area contributed by atoms with E-state index in [1.54, 1.807) is 24.3 Å². The van der Waals surface area contributed by atoms with Crippen LogP contribution in [0.1, 0.15) is 27.7 Å². The quantitative estimate of drug-likeness (QED) is 0.443. The Morgan fingerprint density at radius 3 is 2.12 bits per heavy atom. The molecule has 1 aromatic rings. The van der Waals surface area contributed by atoms with Gasteiger partial charge in [-0.3, -0.25) is 19.2 Å². The van der Waals surface area contributed by atoms with Crippen LogP contribution >= 0.6 is 0 Å². The zero-order valence-corrected chi connectivity index (χ0v) is 18.5. The van der Waals surface area contributed by atoms with Gasteiger partial charge < -0.3 is 33.7 Å². The van der Waals surface area contributed by atoms with Gasteiger partial charge in [-0.25, -0.2) is 0 Å². The molecular weight excluding hydrogens is 426 g/mol. The first-order valence-electron chi connectivity index (χ1n) is 9.81. The molecule has 11 heteroatoms. The minimum Gasteiger partial charge on any atom is -0.497 e. The summed E-state index contributed by atoms with van der Waals surface area (Å²) in [5.41, 5.74) is 0. The van der Waals surface area contributed by atoms with Crippen molar-refractivity contribution in [3.8, 4) is 11.5 Å². The van der Waals surface area contributed by atoms with Crippen molar-refractivity contribution in [3.05, 3.63) is 24.3 Å². The molecule has 0 unspecified atom stereocenters. The Labute approximate surface area is 185 Å². The monoisotopic (exact) mass is 453 g/mol. The molecule has 1 N–H and O–H groups in total. The van der Waals surface area contributed by atoms with E-state index in [4.69, 9.17) is 28.4 Å². The van der Waals surface area contributed by atoms with E-state index >= 15 is 0 Å². The molecule has 1 aromatic carbocycles. The van der Waals surface area contributed by atoms with Crippen LogP contribution in [0.5, 0.6) is 11.5 Å². The average Bonchev–Trinajstić information content (AvgIpc) is 2.70. The second-order valence-electron chi connectivity index (χ2n) is 7.02. The highest BCUT2D eigenvalue weighted by molar-refractivity contribution is 5.73. The number of methoxy groups -OCH3 is 1. The molecule has 1 heterocycles. The van der Waals surface area contributed by atoms with Gasteiger partial charge in [0, 0.05) is 33.8 Å². The molecule has 0 radical (unpaired) electrons. The highest BCUT2D eigenvalue weighted by Gasteiger charge is 2.51. The Morgan fingerprint density at radius 2 is 1.56 bits per heavy atom. The summed E-state index contributed by atoms with van der Waals surface area (Å²) in [6.45, 7) is 4.50. The molecule has 11 nitrogen and oxygen atoms in total. The van der Waals surface area contributed by atoms with E-state index in [9.17, 15) is 19.2 Å². The molecule has 0 aliphatic carbocycles. The molecule has 1 amide bonds. The van der Waals surface area contributed by atoms with Gasteiger partial charge in [0.2, 0.25) is 12.2 Å². The van der Waals surface area contributed by atoms with E-state index < -0.39 is 54.5 Å². The third-order valence-corrected chi connectivity index (χ3v) is 4.36. The molecule has 2 rings (SSSR count). The normalized spacial score (nSPS) is 24.6. The first kappa shape index (κ1) is 24.9. The van der Waals surface area contributed by atoms with Crippen LogP contribution in [0, 0.1) is 0 Å². The largest absolute Gasteiger partial charge is 0.497 e. The summed E-state index contributed by atoms with van der Waals surface area (Å²) in [6.07, 6.45) is -4.61. The van der Waals surface area contributed by atoms with E-state index in [-0.39, 0.29) is 6.61 Å². The van der Waals surface area contributed by atoms with Crippen LogP contribution in [-0.2, 0) is 38.1 Å². The van der Waals surface area contributed by atoms with Gasteiger partial charge in [-0.1, -0.05) is 6.07 Å². The maximum atomic E-state index is 11.9. The van der Waals surface area contributed by atoms with E-state index in [2.05, 4.69) is 5.32 Å². The minimum absolute atomic E-state index is 0.310. The van der Waals surface area contributed by atoms with Crippen LogP contribution in [0.2, 0.25) is 0 Å². The number of carbonyl (C=O) groups excluding carboxylic acids is 4. The molecular formula is C21H27NO10. The molecule has 5 atom stereocenters. The molecule has 32 heavy (non-hydrogen) atoms.